The first-order valence-corrected chi connectivity index (χ1v) is 3.85. The molecule has 1 aliphatic rings. The molecule has 0 aromatic heterocycles. The molecule has 1 aliphatic heterocycles. The summed E-state index contributed by atoms with van der Waals surface area (Å²) < 4.78 is 30.3. The molecule has 0 aromatic carbocycles. The zero-order chi connectivity index (χ0) is 6.91. The molecule has 2 atom stereocenters. The van der Waals surface area contributed by atoms with Crippen LogP contribution in [0.5, 0.6) is 0 Å². The van der Waals surface area contributed by atoms with Gasteiger partial charge in [0, 0.05) is 0 Å². The minimum atomic E-state index is -3.86. The van der Waals surface area contributed by atoms with Gasteiger partial charge in [-0.3, -0.25) is 9.05 Å². The number of phosphoric ester groups is 1. The minimum absolute atomic E-state index is 0.135. The topological polar surface area (TPSA) is 55.8 Å². The summed E-state index contributed by atoms with van der Waals surface area (Å²) in [6.45, 7) is -0.922. The van der Waals surface area contributed by atoms with E-state index in [1.807, 2.05) is 0 Å². The number of rotatable bonds is 1. The number of halogens is 1. The molecule has 6 heteroatoms. The van der Waals surface area contributed by atoms with E-state index in [1.165, 1.54) is 0 Å². The fourth-order valence-corrected chi connectivity index (χ4v) is 1.41. The molecule has 1 rings (SSSR count). The molecule has 0 aromatic rings. The van der Waals surface area contributed by atoms with Crippen LogP contribution in [0.3, 0.4) is 0 Å². The van der Waals surface area contributed by atoms with Crippen molar-refractivity contribution in [1.29, 1.82) is 0 Å². The molecule has 1 saturated heterocycles. The molecular weight excluding hydrogens is 150 g/mol. The average Bonchev–Trinajstić information content (AvgIpc) is 2.10. The van der Waals surface area contributed by atoms with Crippen LogP contribution in [0.15, 0.2) is 0 Å². The first-order valence-electron chi connectivity index (χ1n) is 2.36. The molecule has 1 fully saturated rings. The Morgan fingerprint density at radius 2 is 2.56 bits per heavy atom. The molecular formula is C3H6FO4P. The standard InChI is InChI=1S/C3H6FO4P/c4-1-3-2-7-9(5,6)8-3/h3H,1-2H2,(H,5,6). The van der Waals surface area contributed by atoms with Gasteiger partial charge in [0.25, 0.3) is 0 Å². The third-order valence-corrected chi connectivity index (χ3v) is 1.92. The Hall–Kier alpha value is 0.0400. The predicted octanol–water partition coefficient (Wildman–Crippen LogP) is 0.472. The molecule has 0 radical (unpaired) electrons. The molecule has 0 saturated carbocycles. The van der Waals surface area contributed by atoms with Crippen molar-refractivity contribution in [1.82, 2.24) is 0 Å². The van der Waals surface area contributed by atoms with Crippen LogP contribution in [0.2, 0.25) is 0 Å². The second-order valence-corrected chi connectivity index (χ2v) is 3.05. The van der Waals surface area contributed by atoms with Gasteiger partial charge in [-0.15, -0.1) is 0 Å². The molecule has 54 valence electrons. The number of alkyl halides is 1. The largest absolute Gasteiger partial charge is 0.472 e. The Morgan fingerprint density at radius 3 is 2.78 bits per heavy atom. The summed E-state index contributed by atoms with van der Waals surface area (Å²) in [7, 11) is -3.86. The van der Waals surface area contributed by atoms with E-state index in [9.17, 15) is 8.96 Å². The lowest BCUT2D eigenvalue weighted by Crippen LogP contribution is -2.10. The zero-order valence-electron chi connectivity index (χ0n) is 4.49. The molecule has 0 bridgehead atoms. The van der Waals surface area contributed by atoms with Crippen molar-refractivity contribution in [2.45, 2.75) is 6.10 Å². The van der Waals surface area contributed by atoms with Gasteiger partial charge in [-0.05, 0) is 0 Å². The van der Waals surface area contributed by atoms with Crippen LogP contribution in [0.4, 0.5) is 4.39 Å². The van der Waals surface area contributed by atoms with Crippen LogP contribution in [0.25, 0.3) is 0 Å². The first-order chi connectivity index (χ1) is 4.14. The monoisotopic (exact) mass is 156 g/mol. The van der Waals surface area contributed by atoms with Gasteiger partial charge in [0.1, 0.15) is 12.8 Å². The molecule has 1 N–H and O–H groups in total. The fourth-order valence-electron chi connectivity index (χ4n) is 0.499. The van der Waals surface area contributed by atoms with E-state index in [4.69, 9.17) is 4.89 Å². The zero-order valence-corrected chi connectivity index (χ0v) is 5.38. The van der Waals surface area contributed by atoms with Crippen LogP contribution in [-0.2, 0) is 13.6 Å². The van der Waals surface area contributed by atoms with Gasteiger partial charge in [-0.25, -0.2) is 8.96 Å². The Labute approximate surface area is 51.2 Å². The van der Waals surface area contributed by atoms with Crippen molar-refractivity contribution in [3.63, 3.8) is 0 Å². The molecule has 9 heavy (non-hydrogen) atoms. The van der Waals surface area contributed by atoms with E-state index in [1.54, 1.807) is 0 Å². The third kappa shape index (κ3) is 1.72. The predicted molar refractivity (Wildman–Crippen MR) is 26.6 cm³/mol. The number of hydrogen-bond donors (Lipinski definition) is 1. The maximum Gasteiger partial charge on any atom is 0.472 e. The fraction of sp³-hybridized carbons (Fsp3) is 1.00. The lowest BCUT2D eigenvalue weighted by Gasteiger charge is -1.99. The average molecular weight is 156 g/mol. The second kappa shape index (κ2) is 2.34. The van der Waals surface area contributed by atoms with Gasteiger partial charge in [-0.1, -0.05) is 0 Å². The smallest absolute Gasteiger partial charge is 0.302 e. The Bertz CT molecular complexity index is 149. The highest BCUT2D eigenvalue weighted by Gasteiger charge is 2.34. The maximum absolute atomic E-state index is 11.6. The van der Waals surface area contributed by atoms with Crippen LogP contribution in [0.1, 0.15) is 0 Å². The van der Waals surface area contributed by atoms with E-state index in [0.29, 0.717) is 0 Å². The summed E-state index contributed by atoms with van der Waals surface area (Å²) in [5.41, 5.74) is 0. The van der Waals surface area contributed by atoms with Crippen molar-refractivity contribution >= 4 is 7.82 Å². The molecule has 0 amide bonds. The lowest BCUT2D eigenvalue weighted by atomic mass is 10.4. The van der Waals surface area contributed by atoms with Gasteiger partial charge in [-0.2, -0.15) is 0 Å². The highest BCUT2D eigenvalue weighted by atomic mass is 31.2. The molecule has 1 heterocycles. The van der Waals surface area contributed by atoms with Gasteiger partial charge in [0.05, 0.1) is 6.61 Å². The van der Waals surface area contributed by atoms with Crippen LogP contribution >= 0.6 is 7.82 Å². The molecule has 4 nitrogen and oxygen atoms in total. The first kappa shape index (κ1) is 7.15. The normalized spacial score (nSPS) is 43.6. The summed E-state index contributed by atoms with van der Waals surface area (Å²) >= 11 is 0. The van der Waals surface area contributed by atoms with Gasteiger partial charge in [0.2, 0.25) is 0 Å². The lowest BCUT2D eigenvalue weighted by molar-refractivity contribution is 0.179. The van der Waals surface area contributed by atoms with Crippen molar-refractivity contribution in [3.8, 4) is 0 Å². The van der Waals surface area contributed by atoms with Crippen LogP contribution in [0, 0.1) is 0 Å². The van der Waals surface area contributed by atoms with Gasteiger partial charge < -0.3 is 4.89 Å². The van der Waals surface area contributed by atoms with E-state index >= 15 is 0 Å². The van der Waals surface area contributed by atoms with E-state index < -0.39 is 20.6 Å². The van der Waals surface area contributed by atoms with Gasteiger partial charge in [0.15, 0.2) is 0 Å². The summed E-state index contributed by atoms with van der Waals surface area (Å²) in [6.07, 6.45) is -0.860. The molecule has 0 spiro atoms. The Kier molecular flexibility index (Phi) is 1.86. The van der Waals surface area contributed by atoms with Crippen LogP contribution in [-0.4, -0.2) is 24.3 Å². The SMILES string of the molecule is O=P1(O)OCC(CF)O1. The molecule has 0 aliphatic carbocycles. The molecule has 2 unspecified atom stereocenters. The van der Waals surface area contributed by atoms with Crippen molar-refractivity contribution in [2.75, 3.05) is 13.3 Å². The number of phosphoric acid groups is 1. The summed E-state index contributed by atoms with van der Waals surface area (Å²) in [6, 6.07) is 0. The third-order valence-electron chi connectivity index (χ3n) is 0.878. The quantitative estimate of drug-likeness (QED) is 0.560. The maximum atomic E-state index is 11.6. The van der Waals surface area contributed by atoms with Gasteiger partial charge >= 0.3 is 7.82 Å². The summed E-state index contributed by atoms with van der Waals surface area (Å²) in [4.78, 5) is 8.44. The van der Waals surface area contributed by atoms with E-state index in [0.717, 1.165) is 0 Å². The Balaban J connectivity index is 2.47. The highest BCUT2D eigenvalue weighted by Crippen LogP contribution is 2.49. The second-order valence-electron chi connectivity index (χ2n) is 1.65. The van der Waals surface area contributed by atoms with Crippen molar-refractivity contribution in [2.24, 2.45) is 0 Å². The van der Waals surface area contributed by atoms with Crippen molar-refractivity contribution < 1.29 is 22.9 Å². The van der Waals surface area contributed by atoms with E-state index in [-0.39, 0.29) is 6.61 Å². The van der Waals surface area contributed by atoms with Crippen molar-refractivity contribution in [3.05, 3.63) is 0 Å². The summed E-state index contributed by atoms with van der Waals surface area (Å²) in [5, 5.41) is 0. The summed E-state index contributed by atoms with van der Waals surface area (Å²) in [5.74, 6) is 0. The Morgan fingerprint density at radius 1 is 1.89 bits per heavy atom. The minimum Gasteiger partial charge on any atom is -0.302 e. The van der Waals surface area contributed by atoms with Crippen LogP contribution < -0.4 is 0 Å². The number of hydrogen-bond acceptors (Lipinski definition) is 3. The highest BCUT2D eigenvalue weighted by molar-refractivity contribution is 7.47. The van der Waals surface area contributed by atoms with E-state index in [2.05, 4.69) is 9.05 Å².